The molecule has 2 atom stereocenters. The second-order valence-corrected chi connectivity index (χ2v) is 8.63. The summed E-state index contributed by atoms with van der Waals surface area (Å²) in [6, 6.07) is 11.9. The third-order valence-corrected chi connectivity index (χ3v) is 6.45. The molecule has 178 valence electrons. The number of carbonyl (C=O) groups is 2. The topological polar surface area (TPSA) is 85.7 Å². The summed E-state index contributed by atoms with van der Waals surface area (Å²) in [6.07, 6.45) is 4.29. The van der Waals surface area contributed by atoms with Gasteiger partial charge in [0.15, 0.2) is 11.5 Å². The first kappa shape index (κ1) is 23.6. The van der Waals surface area contributed by atoms with Crippen LogP contribution in [0.2, 0.25) is 5.02 Å². The standard InChI is InChI=1S/C25H27ClN4O4/c1-29-14-17(13-27-29)19-15-30(25(32)16-8-9-22(33-2)23(12-16)34-3)11-10-21(19)28-24(31)18-6-4-5-7-20(18)26/h4-9,12-14,19,21H,10-11,15H2,1-3H3,(H,28,31)/t19-,21-/m1/s1. The first-order valence-electron chi connectivity index (χ1n) is 11.0. The lowest BCUT2D eigenvalue weighted by Gasteiger charge is -2.38. The number of hydrogen-bond acceptors (Lipinski definition) is 5. The summed E-state index contributed by atoms with van der Waals surface area (Å²) in [5.41, 5.74) is 1.90. The van der Waals surface area contributed by atoms with Crippen LogP contribution in [0.25, 0.3) is 0 Å². The largest absolute Gasteiger partial charge is 0.493 e. The smallest absolute Gasteiger partial charge is 0.254 e. The molecule has 1 saturated heterocycles. The average Bonchev–Trinajstić information content (AvgIpc) is 3.29. The van der Waals surface area contributed by atoms with Gasteiger partial charge in [-0.2, -0.15) is 5.10 Å². The van der Waals surface area contributed by atoms with Crippen molar-refractivity contribution >= 4 is 23.4 Å². The van der Waals surface area contributed by atoms with Crippen molar-refractivity contribution in [3.05, 3.63) is 76.6 Å². The molecule has 1 aromatic heterocycles. The SMILES string of the molecule is COc1ccc(C(=O)N2CC[C@@H](NC(=O)c3ccccc3Cl)[C@@H](c3cnn(C)c3)C2)cc1OC. The van der Waals surface area contributed by atoms with E-state index in [0.717, 1.165) is 5.56 Å². The summed E-state index contributed by atoms with van der Waals surface area (Å²) in [7, 11) is 4.94. The quantitative estimate of drug-likeness (QED) is 0.581. The Balaban J connectivity index is 1.56. The van der Waals surface area contributed by atoms with Gasteiger partial charge in [0.2, 0.25) is 0 Å². The highest BCUT2D eigenvalue weighted by Crippen LogP contribution is 2.31. The van der Waals surface area contributed by atoms with Crippen molar-refractivity contribution in [3.8, 4) is 11.5 Å². The Kier molecular flexibility index (Phi) is 7.07. The van der Waals surface area contributed by atoms with Crippen molar-refractivity contribution in [3.63, 3.8) is 0 Å². The van der Waals surface area contributed by atoms with E-state index in [1.165, 1.54) is 7.11 Å². The van der Waals surface area contributed by atoms with Gasteiger partial charge in [0.1, 0.15) is 0 Å². The second-order valence-electron chi connectivity index (χ2n) is 8.22. The highest BCUT2D eigenvalue weighted by atomic mass is 35.5. The number of piperidine rings is 1. The Bertz CT molecular complexity index is 1200. The van der Waals surface area contributed by atoms with Gasteiger partial charge in [0, 0.05) is 43.9 Å². The van der Waals surface area contributed by atoms with Crippen LogP contribution in [0.3, 0.4) is 0 Å². The van der Waals surface area contributed by atoms with Crippen LogP contribution in [0.5, 0.6) is 11.5 Å². The van der Waals surface area contributed by atoms with Crippen molar-refractivity contribution in [2.24, 2.45) is 7.05 Å². The first-order chi connectivity index (χ1) is 16.4. The number of ether oxygens (including phenoxy) is 2. The number of amides is 2. The average molecular weight is 483 g/mol. The zero-order valence-corrected chi connectivity index (χ0v) is 20.1. The fourth-order valence-corrected chi connectivity index (χ4v) is 4.54. The van der Waals surface area contributed by atoms with Crippen LogP contribution in [-0.4, -0.2) is 59.8 Å². The lowest BCUT2D eigenvalue weighted by atomic mass is 9.87. The molecular weight excluding hydrogens is 456 g/mol. The molecule has 0 aliphatic carbocycles. The Labute approximate surface area is 203 Å². The maximum atomic E-state index is 13.3. The van der Waals surface area contributed by atoms with E-state index in [-0.39, 0.29) is 23.8 Å². The Morgan fingerprint density at radius 1 is 1.12 bits per heavy atom. The fraction of sp³-hybridized carbons (Fsp3) is 0.320. The van der Waals surface area contributed by atoms with E-state index in [4.69, 9.17) is 21.1 Å². The molecule has 1 N–H and O–H groups in total. The van der Waals surface area contributed by atoms with E-state index < -0.39 is 0 Å². The molecule has 3 aromatic rings. The molecule has 34 heavy (non-hydrogen) atoms. The fourth-order valence-electron chi connectivity index (χ4n) is 4.32. The van der Waals surface area contributed by atoms with E-state index in [0.29, 0.717) is 47.2 Å². The van der Waals surface area contributed by atoms with Crippen LogP contribution >= 0.6 is 11.6 Å². The van der Waals surface area contributed by atoms with Gasteiger partial charge in [-0.05, 0) is 42.3 Å². The Hall–Kier alpha value is -3.52. The van der Waals surface area contributed by atoms with Gasteiger partial charge in [-0.3, -0.25) is 14.3 Å². The van der Waals surface area contributed by atoms with Gasteiger partial charge < -0.3 is 19.7 Å². The van der Waals surface area contributed by atoms with Crippen LogP contribution in [-0.2, 0) is 7.05 Å². The highest BCUT2D eigenvalue weighted by Gasteiger charge is 2.35. The molecule has 1 fully saturated rings. The highest BCUT2D eigenvalue weighted by molar-refractivity contribution is 6.33. The van der Waals surface area contributed by atoms with Crippen molar-refractivity contribution in [1.82, 2.24) is 20.0 Å². The van der Waals surface area contributed by atoms with E-state index in [1.807, 2.05) is 13.2 Å². The van der Waals surface area contributed by atoms with Gasteiger partial charge in [-0.15, -0.1) is 0 Å². The molecule has 0 unspecified atom stereocenters. The maximum absolute atomic E-state index is 13.3. The maximum Gasteiger partial charge on any atom is 0.254 e. The number of aromatic nitrogens is 2. The molecule has 0 spiro atoms. The first-order valence-corrected chi connectivity index (χ1v) is 11.3. The normalized spacial score (nSPS) is 17.8. The number of benzene rings is 2. The van der Waals surface area contributed by atoms with Gasteiger partial charge in [0.05, 0.1) is 31.0 Å². The molecule has 0 radical (unpaired) electrons. The van der Waals surface area contributed by atoms with Crippen molar-refractivity contribution in [2.75, 3.05) is 27.3 Å². The third kappa shape index (κ3) is 4.87. The number of nitrogens with zero attached hydrogens (tertiary/aromatic N) is 3. The molecule has 9 heteroatoms. The van der Waals surface area contributed by atoms with E-state index in [9.17, 15) is 9.59 Å². The summed E-state index contributed by atoms with van der Waals surface area (Å²) in [5.74, 6) is 0.597. The van der Waals surface area contributed by atoms with Crippen molar-refractivity contribution in [1.29, 1.82) is 0 Å². The predicted molar refractivity (Wildman–Crippen MR) is 129 cm³/mol. The zero-order chi connectivity index (χ0) is 24.2. The molecule has 8 nitrogen and oxygen atoms in total. The number of methoxy groups -OCH3 is 2. The van der Waals surface area contributed by atoms with Crippen LogP contribution in [0.4, 0.5) is 0 Å². The summed E-state index contributed by atoms with van der Waals surface area (Å²) in [6.45, 7) is 0.934. The van der Waals surface area contributed by atoms with Gasteiger partial charge in [0.25, 0.3) is 11.8 Å². The van der Waals surface area contributed by atoms with E-state index in [1.54, 1.807) is 65.4 Å². The van der Waals surface area contributed by atoms with Gasteiger partial charge in [-0.1, -0.05) is 23.7 Å². The van der Waals surface area contributed by atoms with Crippen molar-refractivity contribution < 1.29 is 19.1 Å². The number of hydrogen-bond donors (Lipinski definition) is 1. The monoisotopic (exact) mass is 482 g/mol. The molecule has 2 amide bonds. The number of halogens is 1. The number of aryl methyl sites for hydroxylation is 1. The van der Waals surface area contributed by atoms with Gasteiger partial charge >= 0.3 is 0 Å². The minimum atomic E-state index is -0.232. The molecule has 2 heterocycles. The van der Waals surface area contributed by atoms with Crippen LogP contribution in [0.15, 0.2) is 54.9 Å². The Morgan fingerprint density at radius 2 is 1.88 bits per heavy atom. The van der Waals surface area contributed by atoms with Crippen LogP contribution in [0.1, 0.15) is 38.6 Å². The molecule has 0 saturated carbocycles. The number of rotatable bonds is 6. The summed E-state index contributed by atoms with van der Waals surface area (Å²) in [5, 5.41) is 7.83. The summed E-state index contributed by atoms with van der Waals surface area (Å²) in [4.78, 5) is 28.1. The zero-order valence-electron chi connectivity index (χ0n) is 19.3. The number of nitrogens with one attached hydrogen (secondary N) is 1. The van der Waals surface area contributed by atoms with Crippen molar-refractivity contribution in [2.45, 2.75) is 18.4 Å². The van der Waals surface area contributed by atoms with Crippen LogP contribution < -0.4 is 14.8 Å². The lowest BCUT2D eigenvalue weighted by Crippen LogP contribution is -2.51. The number of carbonyl (C=O) groups excluding carboxylic acids is 2. The second kappa shape index (κ2) is 10.2. The van der Waals surface area contributed by atoms with Gasteiger partial charge in [-0.25, -0.2) is 0 Å². The molecular formula is C25H27ClN4O4. The molecule has 2 aromatic carbocycles. The minimum Gasteiger partial charge on any atom is -0.493 e. The Morgan fingerprint density at radius 3 is 2.56 bits per heavy atom. The van der Waals surface area contributed by atoms with E-state index >= 15 is 0 Å². The summed E-state index contributed by atoms with van der Waals surface area (Å²) >= 11 is 6.23. The lowest BCUT2D eigenvalue weighted by molar-refractivity contribution is 0.0671. The third-order valence-electron chi connectivity index (χ3n) is 6.12. The molecule has 1 aliphatic heterocycles. The summed E-state index contributed by atoms with van der Waals surface area (Å²) < 4.78 is 12.4. The molecule has 0 bridgehead atoms. The van der Waals surface area contributed by atoms with E-state index in [2.05, 4.69) is 10.4 Å². The molecule has 1 aliphatic rings. The molecule has 4 rings (SSSR count). The predicted octanol–water partition coefficient (Wildman–Crippen LogP) is 3.52. The number of likely N-dealkylation sites (tertiary alicyclic amines) is 1. The van der Waals surface area contributed by atoms with Crippen LogP contribution in [0, 0.1) is 0 Å². The minimum absolute atomic E-state index is 0.106.